The van der Waals surface area contributed by atoms with Gasteiger partial charge in [-0.05, 0) is 0 Å². The number of hydrogen-bond donors (Lipinski definition) is 0. The van der Waals surface area contributed by atoms with Crippen LogP contribution in [0.2, 0.25) is 33.0 Å². The molecule has 0 fully saturated rings. The topological polar surface area (TPSA) is 9.23 Å². The molecule has 27 heavy (non-hydrogen) atoms. The van der Waals surface area contributed by atoms with Crippen LogP contribution < -0.4 is 0 Å². The Morgan fingerprint density at radius 3 is 1.78 bits per heavy atom. The van der Waals surface area contributed by atoms with E-state index in [1.54, 1.807) is 13.3 Å². The van der Waals surface area contributed by atoms with E-state index in [-0.39, 0.29) is 5.60 Å². The molecule has 0 rings (SSSR count). The van der Waals surface area contributed by atoms with Gasteiger partial charge in [-0.3, -0.25) is 0 Å². The molecule has 0 radical (unpaired) electrons. The molecule has 1 nitrogen and oxygen atoms in total. The minimum atomic E-state index is -2.16. The number of hydrogen-bond acceptors (Lipinski definition) is 1. The standard InChI is InChI=1S/C12H23OSi.3C4H9.Sn/c1-7-9-11-12(3,10-8-2)13-14(4,5)6;3*1-3-4-2;/h2,7-8H,1,9-11H2,3-6H3;3*1,3-4H2,2H3;. The van der Waals surface area contributed by atoms with Crippen molar-refractivity contribution in [1.82, 2.24) is 0 Å². The molecule has 3 heteroatoms. The Kier molecular flexibility index (Phi) is 14.7. The van der Waals surface area contributed by atoms with Crippen LogP contribution in [0.25, 0.3) is 0 Å². The van der Waals surface area contributed by atoms with Gasteiger partial charge >= 0.3 is 178 Å². The minimum absolute atomic E-state index is 0.0208. The second-order valence-electron chi connectivity index (χ2n) is 9.77. The first-order valence-electron chi connectivity index (χ1n) is 11.6. The van der Waals surface area contributed by atoms with Crippen LogP contribution >= 0.6 is 0 Å². The molecule has 0 amide bonds. The Balaban J connectivity index is 5.34. The average Bonchev–Trinajstić information content (AvgIpc) is 2.59. The van der Waals surface area contributed by atoms with E-state index in [0.717, 1.165) is 19.3 Å². The van der Waals surface area contributed by atoms with Gasteiger partial charge in [0.2, 0.25) is 0 Å². The second-order valence-corrected chi connectivity index (χ2v) is 27.2. The van der Waals surface area contributed by atoms with E-state index in [4.69, 9.17) is 4.43 Å². The predicted molar refractivity (Wildman–Crippen MR) is 131 cm³/mol. The van der Waals surface area contributed by atoms with E-state index in [2.05, 4.69) is 64.1 Å². The maximum absolute atomic E-state index is 6.65. The maximum atomic E-state index is 6.65. The van der Waals surface area contributed by atoms with Crippen molar-refractivity contribution >= 4 is 26.7 Å². The van der Waals surface area contributed by atoms with Gasteiger partial charge in [0.25, 0.3) is 0 Å². The van der Waals surface area contributed by atoms with E-state index < -0.39 is 26.7 Å². The summed E-state index contributed by atoms with van der Waals surface area (Å²) in [5, 5.41) is 0. The van der Waals surface area contributed by atoms with Crippen molar-refractivity contribution in [3.8, 4) is 0 Å². The molecule has 0 saturated heterocycles. The summed E-state index contributed by atoms with van der Waals surface area (Å²) in [4.78, 5) is 0. The molecule has 0 saturated carbocycles. The molecule has 0 heterocycles. The third kappa shape index (κ3) is 13.3. The third-order valence-electron chi connectivity index (χ3n) is 5.54. The van der Waals surface area contributed by atoms with Crippen molar-refractivity contribution in [2.75, 3.05) is 0 Å². The van der Waals surface area contributed by atoms with Crippen molar-refractivity contribution in [1.29, 1.82) is 0 Å². The van der Waals surface area contributed by atoms with Crippen LogP contribution in [0.5, 0.6) is 0 Å². The van der Waals surface area contributed by atoms with E-state index in [1.807, 2.05) is 6.08 Å². The molecule has 1 unspecified atom stereocenters. The van der Waals surface area contributed by atoms with Gasteiger partial charge in [-0.15, -0.1) is 0 Å². The van der Waals surface area contributed by atoms with E-state index in [1.165, 1.54) is 38.5 Å². The van der Waals surface area contributed by atoms with E-state index in [9.17, 15) is 0 Å². The molecule has 0 spiro atoms. The Hall–Kier alpha value is 0.456. The summed E-state index contributed by atoms with van der Waals surface area (Å²) in [5.74, 6) is 0. The zero-order chi connectivity index (χ0) is 20.8. The van der Waals surface area contributed by atoms with Gasteiger partial charge in [0.05, 0.1) is 0 Å². The summed E-state index contributed by atoms with van der Waals surface area (Å²) in [6.45, 7) is 20.3. The molecule has 0 aromatic rings. The van der Waals surface area contributed by atoms with Crippen LogP contribution in [0.1, 0.15) is 85.5 Å². The first-order chi connectivity index (χ1) is 12.7. The zero-order valence-electron chi connectivity index (χ0n) is 19.8. The summed E-state index contributed by atoms with van der Waals surface area (Å²) in [6.07, 6.45) is 16.2. The van der Waals surface area contributed by atoms with Crippen LogP contribution in [0.15, 0.2) is 22.8 Å². The van der Waals surface area contributed by atoms with E-state index >= 15 is 0 Å². The first kappa shape index (κ1) is 27.5. The fourth-order valence-electron chi connectivity index (χ4n) is 4.11. The van der Waals surface area contributed by atoms with Crippen LogP contribution in [0.4, 0.5) is 0 Å². The Morgan fingerprint density at radius 2 is 1.41 bits per heavy atom. The fraction of sp³-hybridized carbons (Fsp3) is 0.833. The molecule has 0 aromatic heterocycles. The van der Waals surface area contributed by atoms with Gasteiger partial charge < -0.3 is 0 Å². The Morgan fingerprint density at radius 1 is 0.926 bits per heavy atom. The monoisotopic (exact) mass is 502 g/mol. The van der Waals surface area contributed by atoms with Crippen LogP contribution in [0, 0.1) is 0 Å². The summed E-state index contributed by atoms with van der Waals surface area (Å²) < 4.78 is 14.1. The summed E-state index contributed by atoms with van der Waals surface area (Å²) in [5.41, 5.74) is -0.0208. The predicted octanol–water partition coefficient (Wildman–Crippen LogP) is 8.90. The molecule has 1 atom stereocenters. The molecule has 0 aliphatic heterocycles. The normalized spacial score (nSPS) is 15.2. The first-order valence-corrected chi connectivity index (χ1v) is 22.8. The SMILES string of the molecule is C=CCCC(C)(CC=[CH][Sn]([CH2]CCC)([CH2]CCC)[CH2]CCC)O[Si](C)(C)C. The number of unbranched alkanes of at least 4 members (excludes halogenated alkanes) is 3. The average molecular weight is 501 g/mol. The molecule has 0 aromatic carbocycles. The van der Waals surface area contributed by atoms with Crippen molar-refractivity contribution in [3.63, 3.8) is 0 Å². The van der Waals surface area contributed by atoms with E-state index in [0.29, 0.717) is 0 Å². The van der Waals surface area contributed by atoms with Crippen molar-refractivity contribution in [2.45, 2.75) is 124 Å². The van der Waals surface area contributed by atoms with Crippen molar-refractivity contribution in [2.24, 2.45) is 0 Å². The number of rotatable bonds is 17. The summed E-state index contributed by atoms with van der Waals surface area (Å²) >= 11 is -2.16. The number of allylic oxidation sites excluding steroid dienone is 1. The van der Waals surface area contributed by atoms with Gasteiger partial charge in [-0.2, -0.15) is 0 Å². The van der Waals surface area contributed by atoms with Crippen molar-refractivity contribution < 1.29 is 4.43 Å². The van der Waals surface area contributed by atoms with Gasteiger partial charge in [0.15, 0.2) is 0 Å². The Bertz CT molecular complexity index is 391. The molecule has 0 bridgehead atoms. The van der Waals surface area contributed by atoms with Gasteiger partial charge in [0.1, 0.15) is 0 Å². The molecular weight excluding hydrogens is 451 g/mol. The summed E-state index contributed by atoms with van der Waals surface area (Å²) in [6, 6.07) is 0. The fourth-order valence-corrected chi connectivity index (χ4v) is 20.2. The van der Waals surface area contributed by atoms with Gasteiger partial charge in [-0.1, -0.05) is 0 Å². The quantitative estimate of drug-likeness (QED) is 0.143. The van der Waals surface area contributed by atoms with Gasteiger partial charge in [-0.25, -0.2) is 0 Å². The molecule has 0 aliphatic rings. The third-order valence-corrected chi connectivity index (χ3v) is 20.9. The molecular formula is C24H50OSiSn. The molecule has 0 N–H and O–H groups in total. The molecule has 0 aliphatic carbocycles. The second kappa shape index (κ2) is 14.4. The van der Waals surface area contributed by atoms with Crippen LogP contribution in [-0.2, 0) is 4.43 Å². The zero-order valence-corrected chi connectivity index (χ0v) is 23.7. The summed E-state index contributed by atoms with van der Waals surface area (Å²) in [7, 11) is -1.55. The van der Waals surface area contributed by atoms with Crippen LogP contribution in [0.3, 0.4) is 0 Å². The molecule has 160 valence electrons. The van der Waals surface area contributed by atoms with Crippen molar-refractivity contribution in [3.05, 3.63) is 22.8 Å². The van der Waals surface area contributed by atoms with Gasteiger partial charge in [0, 0.05) is 0 Å². The van der Waals surface area contributed by atoms with Crippen LogP contribution in [-0.4, -0.2) is 32.3 Å². The Labute approximate surface area is 177 Å².